The minimum Gasteiger partial charge on any atom is -0.147 e. The van der Waals surface area contributed by atoms with Gasteiger partial charge < -0.3 is 0 Å². The van der Waals surface area contributed by atoms with E-state index in [4.69, 9.17) is 3.32 Å². The summed E-state index contributed by atoms with van der Waals surface area (Å²) in [4.78, 5) is 0. The van der Waals surface area contributed by atoms with Crippen LogP contribution in [0.4, 0.5) is 0 Å². The largest absolute Gasteiger partial charge is 0.147 e. The molecule has 0 N–H and O–H groups in total. The van der Waals surface area contributed by atoms with Gasteiger partial charge in [-0.2, -0.15) is 0 Å². The van der Waals surface area contributed by atoms with Crippen LogP contribution in [-0.2, 0) is 23.2 Å². The summed E-state index contributed by atoms with van der Waals surface area (Å²) in [6.45, 7) is 13.6. The van der Waals surface area contributed by atoms with Crippen LogP contribution in [0.1, 0.15) is 66.4 Å². The van der Waals surface area contributed by atoms with Crippen LogP contribution in [0.15, 0.2) is 45.9 Å². The Morgan fingerprint density at radius 1 is 1.12 bits per heavy atom. The Morgan fingerprint density at radius 3 is 2.24 bits per heavy atom. The van der Waals surface area contributed by atoms with E-state index in [0.717, 1.165) is 25.0 Å². The van der Waals surface area contributed by atoms with Gasteiger partial charge in [0.25, 0.3) is 0 Å². The summed E-state index contributed by atoms with van der Waals surface area (Å²) in [6.07, 6.45) is 7.92. The van der Waals surface area contributed by atoms with Crippen LogP contribution < -0.4 is 3.32 Å². The molecule has 0 unspecified atom stereocenters. The van der Waals surface area contributed by atoms with E-state index in [9.17, 15) is 0 Å². The minimum absolute atomic E-state index is 0. The molecule has 0 aromatic heterocycles. The van der Waals surface area contributed by atoms with Gasteiger partial charge in [0.15, 0.2) is 0 Å². The van der Waals surface area contributed by atoms with Gasteiger partial charge in [0.05, 0.1) is 0 Å². The summed E-state index contributed by atoms with van der Waals surface area (Å²) in [5, 5.41) is 0. The number of benzene rings is 1. The third kappa shape index (κ3) is 6.40. The Bertz CT molecular complexity index is 661. The Hall–Kier alpha value is -0.336. The van der Waals surface area contributed by atoms with Crippen molar-refractivity contribution in [1.29, 1.82) is 0 Å². The fourth-order valence-electron chi connectivity index (χ4n) is 2.95. The SMILES string of the molecule is CC[C](CC)=[Ti]([O]c1cccc(C(C)(C)C)c1)[C]1=C(C)C=CC1.Cl.Cl. The van der Waals surface area contributed by atoms with E-state index in [0.29, 0.717) is 0 Å². The third-order valence-corrected chi connectivity index (χ3v) is 9.12. The molecule has 0 aliphatic heterocycles. The third-order valence-electron chi connectivity index (χ3n) is 4.53. The van der Waals surface area contributed by atoms with Gasteiger partial charge in [-0.05, 0) is 0 Å². The second-order valence-corrected chi connectivity index (χ2v) is 10.7. The molecule has 1 aromatic rings. The van der Waals surface area contributed by atoms with Crippen LogP contribution >= 0.6 is 24.8 Å². The molecule has 0 heterocycles. The van der Waals surface area contributed by atoms with E-state index in [1.165, 1.54) is 11.1 Å². The molecule has 4 heteroatoms. The Morgan fingerprint density at radius 2 is 1.76 bits per heavy atom. The number of rotatable bonds is 5. The second-order valence-electron chi connectivity index (χ2n) is 7.29. The Kier molecular flexibility index (Phi) is 10.6. The summed E-state index contributed by atoms with van der Waals surface area (Å²) >= 11 is -1.85. The quantitative estimate of drug-likeness (QED) is 0.469. The van der Waals surface area contributed by atoms with E-state index >= 15 is 0 Å². The van der Waals surface area contributed by atoms with Crippen molar-refractivity contribution in [1.82, 2.24) is 0 Å². The summed E-state index contributed by atoms with van der Waals surface area (Å²) in [5.74, 6) is 1.05. The smallest absolute Gasteiger partial charge is 0.147 e. The van der Waals surface area contributed by atoms with E-state index in [2.05, 4.69) is 78.0 Å². The van der Waals surface area contributed by atoms with Crippen LogP contribution in [0.25, 0.3) is 0 Å². The first-order valence-electron chi connectivity index (χ1n) is 8.73. The molecule has 25 heavy (non-hydrogen) atoms. The van der Waals surface area contributed by atoms with Gasteiger partial charge >= 0.3 is 148 Å². The van der Waals surface area contributed by atoms with Crippen molar-refractivity contribution in [3.8, 4) is 5.75 Å². The van der Waals surface area contributed by atoms with Gasteiger partial charge in [0, 0.05) is 0 Å². The maximum absolute atomic E-state index is 6.68. The van der Waals surface area contributed by atoms with Crippen molar-refractivity contribution >= 4 is 28.6 Å². The molecule has 0 saturated carbocycles. The Balaban J connectivity index is 0.00000288. The summed E-state index contributed by atoms with van der Waals surface area (Å²) in [7, 11) is 0. The number of hydrogen-bond donors (Lipinski definition) is 0. The first-order valence-corrected chi connectivity index (χ1v) is 10.9. The predicted molar refractivity (Wildman–Crippen MR) is 112 cm³/mol. The molecule has 0 spiro atoms. The number of hydrogen-bond acceptors (Lipinski definition) is 1. The van der Waals surface area contributed by atoms with E-state index in [-0.39, 0.29) is 30.2 Å². The molecule has 140 valence electrons. The molecule has 0 bridgehead atoms. The predicted octanol–water partition coefficient (Wildman–Crippen LogP) is 6.97. The van der Waals surface area contributed by atoms with Crippen LogP contribution in [0.3, 0.4) is 0 Å². The Labute approximate surface area is 172 Å². The molecule has 1 nitrogen and oxygen atoms in total. The van der Waals surface area contributed by atoms with Gasteiger partial charge in [-0.15, -0.1) is 24.8 Å². The van der Waals surface area contributed by atoms with Gasteiger partial charge in [-0.3, -0.25) is 0 Å². The molecule has 1 aliphatic rings. The van der Waals surface area contributed by atoms with E-state index < -0.39 is 17.8 Å². The normalized spacial score (nSPS) is 13.2. The van der Waals surface area contributed by atoms with Crippen molar-refractivity contribution in [2.24, 2.45) is 0 Å². The van der Waals surface area contributed by atoms with Crippen LogP contribution in [0, 0.1) is 0 Å². The standard InChI is InChI=1S/C10H14O.C6H7.C5H10.2ClH.Ti/c1-10(2,3)8-5-4-6-9(11)7-8;1-6-4-2-3-5-6;1-3-5-4-2;;;/h4-7,11H,1-3H3;2,4H,3H2,1H3;3-4H2,1-2H3;2*1H;/q;;;;;+1/p-1. The molecular formula is C21H32Cl2OTi. The average molecular weight is 419 g/mol. The first kappa shape index (κ1) is 24.7. The zero-order chi connectivity index (χ0) is 17.0. The fraction of sp³-hybridized carbons (Fsp3) is 0.476. The van der Waals surface area contributed by atoms with Gasteiger partial charge in [0.2, 0.25) is 0 Å². The average Bonchev–Trinajstić information content (AvgIpc) is 2.93. The first-order chi connectivity index (χ1) is 10.9. The fourth-order valence-corrected chi connectivity index (χ4v) is 6.77. The van der Waals surface area contributed by atoms with Crippen molar-refractivity contribution in [2.75, 3.05) is 0 Å². The topological polar surface area (TPSA) is 9.23 Å². The molecule has 1 aromatic carbocycles. The molecule has 0 amide bonds. The summed E-state index contributed by atoms with van der Waals surface area (Å²) in [6, 6.07) is 8.72. The van der Waals surface area contributed by atoms with Gasteiger partial charge in [-0.25, -0.2) is 0 Å². The molecule has 2 rings (SSSR count). The van der Waals surface area contributed by atoms with Crippen molar-refractivity contribution in [3.05, 3.63) is 51.4 Å². The summed E-state index contributed by atoms with van der Waals surface area (Å²) < 4.78 is 9.91. The number of allylic oxidation sites excluding steroid dienone is 4. The molecule has 0 atom stereocenters. The van der Waals surface area contributed by atoms with Crippen LogP contribution in [-0.4, -0.2) is 3.81 Å². The molecule has 1 aliphatic carbocycles. The van der Waals surface area contributed by atoms with Gasteiger partial charge in [-0.1, -0.05) is 0 Å². The molecule has 0 radical (unpaired) electrons. The van der Waals surface area contributed by atoms with Crippen molar-refractivity contribution in [3.63, 3.8) is 0 Å². The maximum Gasteiger partial charge on any atom is -0.147 e. The van der Waals surface area contributed by atoms with E-state index in [1.54, 1.807) is 7.69 Å². The molecule has 0 fully saturated rings. The molecule has 0 saturated heterocycles. The maximum atomic E-state index is 6.68. The van der Waals surface area contributed by atoms with Gasteiger partial charge in [0.1, 0.15) is 0 Å². The van der Waals surface area contributed by atoms with E-state index in [1.807, 2.05) is 0 Å². The zero-order valence-electron chi connectivity index (χ0n) is 16.3. The summed E-state index contributed by atoms with van der Waals surface area (Å²) in [5.41, 5.74) is 2.94. The van der Waals surface area contributed by atoms with Crippen LogP contribution in [0.5, 0.6) is 5.75 Å². The number of halogens is 2. The second kappa shape index (κ2) is 10.7. The van der Waals surface area contributed by atoms with Crippen LogP contribution in [0.2, 0.25) is 0 Å². The monoisotopic (exact) mass is 418 g/mol. The zero-order valence-corrected chi connectivity index (χ0v) is 19.5. The van der Waals surface area contributed by atoms with Crippen molar-refractivity contribution in [2.45, 2.75) is 66.2 Å². The molecular weight excluding hydrogens is 387 g/mol. The van der Waals surface area contributed by atoms with Crippen molar-refractivity contribution < 1.29 is 21.1 Å². The minimum atomic E-state index is -1.85.